The van der Waals surface area contributed by atoms with Gasteiger partial charge in [-0.2, -0.15) is 0 Å². The highest BCUT2D eigenvalue weighted by Crippen LogP contribution is 2.41. The van der Waals surface area contributed by atoms with E-state index in [1.54, 1.807) is 12.1 Å². The summed E-state index contributed by atoms with van der Waals surface area (Å²) in [6.07, 6.45) is 2.04. The van der Waals surface area contributed by atoms with Gasteiger partial charge in [-0.05, 0) is 47.6 Å². The van der Waals surface area contributed by atoms with E-state index >= 15 is 0 Å². The normalized spacial score (nSPS) is 23.0. The van der Waals surface area contributed by atoms with E-state index in [-0.39, 0.29) is 17.9 Å². The van der Waals surface area contributed by atoms with Gasteiger partial charge in [0.1, 0.15) is 5.82 Å². The van der Waals surface area contributed by atoms with Gasteiger partial charge in [0.2, 0.25) is 0 Å². The molecule has 4 nitrogen and oxygen atoms in total. The Balaban J connectivity index is 1.46. The Hall–Kier alpha value is -2.40. The summed E-state index contributed by atoms with van der Waals surface area (Å²) in [5.74, 6) is 0.102. The maximum absolute atomic E-state index is 13.2. The summed E-state index contributed by atoms with van der Waals surface area (Å²) >= 11 is 0. The van der Waals surface area contributed by atoms with Crippen LogP contribution >= 0.6 is 0 Å². The molecule has 2 aromatic rings. The average molecular weight is 340 g/mol. The molecule has 2 amide bonds. The Bertz CT molecular complexity index is 774. The molecule has 2 aromatic carbocycles. The van der Waals surface area contributed by atoms with E-state index < -0.39 is 12.1 Å². The van der Waals surface area contributed by atoms with Crippen LogP contribution in [0.4, 0.5) is 9.18 Å². The van der Waals surface area contributed by atoms with E-state index in [2.05, 4.69) is 10.6 Å². The lowest BCUT2D eigenvalue weighted by molar-refractivity contribution is 0.141. The number of rotatable bonds is 4. The molecule has 2 aliphatic rings. The zero-order chi connectivity index (χ0) is 17.4. The highest BCUT2D eigenvalue weighted by Gasteiger charge is 2.36. The van der Waals surface area contributed by atoms with Crippen LogP contribution in [0.5, 0.6) is 0 Å². The third-order valence-corrected chi connectivity index (χ3v) is 5.10. The van der Waals surface area contributed by atoms with Crippen molar-refractivity contribution < 1.29 is 14.3 Å². The van der Waals surface area contributed by atoms with E-state index in [0.717, 1.165) is 29.5 Å². The fourth-order valence-electron chi connectivity index (χ4n) is 3.65. The summed E-state index contributed by atoms with van der Waals surface area (Å²) in [6.45, 7) is 0. The van der Waals surface area contributed by atoms with Crippen molar-refractivity contribution in [3.63, 3.8) is 0 Å². The molecule has 0 aliphatic heterocycles. The lowest BCUT2D eigenvalue weighted by Gasteiger charge is -2.23. The third kappa shape index (κ3) is 3.37. The van der Waals surface area contributed by atoms with Crippen molar-refractivity contribution >= 4 is 6.03 Å². The molecular weight excluding hydrogens is 319 g/mol. The Kier molecular flexibility index (Phi) is 4.17. The first kappa shape index (κ1) is 16.1. The minimum Gasteiger partial charge on any atom is -0.390 e. The molecule has 0 radical (unpaired) electrons. The lowest BCUT2D eigenvalue weighted by atomic mass is 10.0. The molecule has 25 heavy (non-hydrogen) atoms. The molecule has 3 atom stereocenters. The summed E-state index contributed by atoms with van der Waals surface area (Å²) in [5, 5.41) is 16.2. The summed E-state index contributed by atoms with van der Waals surface area (Å²) in [4.78, 5) is 12.5. The van der Waals surface area contributed by atoms with Gasteiger partial charge < -0.3 is 15.7 Å². The zero-order valence-electron chi connectivity index (χ0n) is 13.8. The number of halogens is 1. The number of nitrogens with one attached hydrogen (secondary N) is 2. The van der Waals surface area contributed by atoms with Crippen LogP contribution in [-0.2, 0) is 6.42 Å². The number of carbonyl (C=O) groups excluding carboxylic acids is 1. The molecular formula is C20H21FN2O2. The topological polar surface area (TPSA) is 61.4 Å². The molecule has 1 unspecified atom stereocenters. The van der Waals surface area contributed by atoms with E-state index in [1.807, 2.05) is 24.3 Å². The molecule has 1 fully saturated rings. The van der Waals surface area contributed by atoms with E-state index in [1.165, 1.54) is 12.1 Å². The Morgan fingerprint density at radius 1 is 1.12 bits per heavy atom. The van der Waals surface area contributed by atoms with E-state index in [4.69, 9.17) is 0 Å². The van der Waals surface area contributed by atoms with Gasteiger partial charge >= 0.3 is 6.03 Å². The number of carbonyl (C=O) groups is 1. The number of aliphatic hydroxyl groups is 1. The molecule has 0 bridgehead atoms. The van der Waals surface area contributed by atoms with Crippen LogP contribution in [-0.4, -0.2) is 17.2 Å². The quantitative estimate of drug-likeness (QED) is 0.800. The molecule has 0 saturated heterocycles. The smallest absolute Gasteiger partial charge is 0.315 e. The molecule has 3 N–H and O–H groups in total. The van der Waals surface area contributed by atoms with Crippen molar-refractivity contribution in [1.82, 2.24) is 10.6 Å². The second kappa shape index (κ2) is 6.48. The summed E-state index contributed by atoms with van der Waals surface area (Å²) in [5.41, 5.74) is 2.94. The van der Waals surface area contributed by atoms with Crippen molar-refractivity contribution in [2.24, 2.45) is 5.92 Å². The van der Waals surface area contributed by atoms with E-state index in [9.17, 15) is 14.3 Å². The van der Waals surface area contributed by atoms with Gasteiger partial charge in [-0.3, -0.25) is 0 Å². The van der Waals surface area contributed by atoms with Gasteiger partial charge in [0.15, 0.2) is 0 Å². The predicted octanol–water partition coefficient (Wildman–Crippen LogP) is 3.23. The lowest BCUT2D eigenvalue weighted by Crippen LogP contribution is -2.42. The molecule has 0 spiro atoms. The second-order valence-electron chi connectivity index (χ2n) is 6.93. The average Bonchev–Trinajstić information content (AvgIpc) is 3.39. The predicted molar refractivity (Wildman–Crippen MR) is 92.4 cm³/mol. The highest BCUT2D eigenvalue weighted by atomic mass is 19.1. The largest absolute Gasteiger partial charge is 0.390 e. The molecule has 5 heteroatoms. The highest BCUT2D eigenvalue weighted by molar-refractivity contribution is 5.75. The number of aliphatic hydroxyl groups excluding tert-OH is 1. The molecule has 4 rings (SSSR count). The Labute approximate surface area is 146 Å². The van der Waals surface area contributed by atoms with Crippen molar-refractivity contribution in [2.45, 2.75) is 37.5 Å². The Morgan fingerprint density at radius 3 is 2.56 bits per heavy atom. The van der Waals surface area contributed by atoms with Gasteiger partial charge in [0, 0.05) is 6.42 Å². The molecule has 0 heterocycles. The Morgan fingerprint density at radius 2 is 1.84 bits per heavy atom. The van der Waals surface area contributed by atoms with Crippen molar-refractivity contribution in [3.8, 4) is 0 Å². The molecule has 2 aliphatic carbocycles. The van der Waals surface area contributed by atoms with Crippen LogP contribution in [0.2, 0.25) is 0 Å². The summed E-state index contributed by atoms with van der Waals surface area (Å²) in [7, 11) is 0. The molecule has 130 valence electrons. The fraction of sp³-hybridized carbons (Fsp3) is 0.350. The van der Waals surface area contributed by atoms with Crippen LogP contribution in [0.3, 0.4) is 0 Å². The van der Waals surface area contributed by atoms with Crippen LogP contribution in [0.15, 0.2) is 48.5 Å². The third-order valence-electron chi connectivity index (χ3n) is 5.10. The second-order valence-corrected chi connectivity index (χ2v) is 6.93. The number of hydrogen-bond acceptors (Lipinski definition) is 2. The van der Waals surface area contributed by atoms with Gasteiger partial charge in [-0.1, -0.05) is 36.4 Å². The van der Waals surface area contributed by atoms with Crippen LogP contribution < -0.4 is 10.6 Å². The maximum atomic E-state index is 13.2. The summed E-state index contributed by atoms with van der Waals surface area (Å²) < 4.78 is 13.2. The number of amides is 2. The first-order valence-corrected chi connectivity index (χ1v) is 8.70. The SMILES string of the molecule is O=C(NC(c1ccc(F)cc1)C1CC1)N[C@H]1c2ccccc2C[C@H]1O. The number of fused-ring (bicyclic) bond motifs is 1. The summed E-state index contributed by atoms with van der Waals surface area (Å²) in [6, 6.07) is 13.2. The number of benzene rings is 2. The first-order valence-electron chi connectivity index (χ1n) is 8.70. The van der Waals surface area contributed by atoms with Crippen molar-refractivity contribution in [2.75, 3.05) is 0 Å². The van der Waals surface area contributed by atoms with Crippen molar-refractivity contribution in [1.29, 1.82) is 0 Å². The molecule has 1 saturated carbocycles. The first-order chi connectivity index (χ1) is 12.1. The van der Waals surface area contributed by atoms with Crippen LogP contribution in [0.25, 0.3) is 0 Å². The van der Waals surface area contributed by atoms with Crippen molar-refractivity contribution in [3.05, 3.63) is 71.0 Å². The minimum atomic E-state index is -0.617. The maximum Gasteiger partial charge on any atom is 0.315 e. The van der Waals surface area contributed by atoms with Gasteiger partial charge in [0.25, 0.3) is 0 Å². The van der Waals surface area contributed by atoms with E-state index in [0.29, 0.717) is 12.3 Å². The van der Waals surface area contributed by atoms with Gasteiger partial charge in [0.05, 0.1) is 18.2 Å². The van der Waals surface area contributed by atoms with Gasteiger partial charge in [-0.15, -0.1) is 0 Å². The van der Waals surface area contributed by atoms with Gasteiger partial charge in [-0.25, -0.2) is 9.18 Å². The monoisotopic (exact) mass is 340 g/mol. The fourth-order valence-corrected chi connectivity index (χ4v) is 3.65. The number of hydrogen-bond donors (Lipinski definition) is 3. The molecule has 0 aromatic heterocycles. The number of urea groups is 1. The standard InChI is InChI=1S/C20H21FN2O2/c21-15-9-7-13(8-10-15)18(12-5-6-12)22-20(25)23-19-16-4-2-1-3-14(16)11-17(19)24/h1-4,7-10,12,17-19,24H,5-6,11H2,(H2,22,23,25)/t17-,18?,19+/m1/s1. The zero-order valence-corrected chi connectivity index (χ0v) is 13.8. The van der Waals surface area contributed by atoms with Crippen LogP contribution in [0.1, 0.15) is 41.6 Å². The minimum absolute atomic E-state index is 0.130. The van der Waals surface area contributed by atoms with Crippen LogP contribution in [0, 0.1) is 11.7 Å².